The molecule has 0 saturated carbocycles. The van der Waals surface area contributed by atoms with E-state index in [9.17, 15) is 33.6 Å². The molecule has 0 unspecified atom stereocenters. The van der Waals surface area contributed by atoms with Gasteiger partial charge in [0.1, 0.15) is 6.73 Å². The van der Waals surface area contributed by atoms with Gasteiger partial charge in [-0.1, -0.05) is 13.5 Å². The van der Waals surface area contributed by atoms with Crippen molar-refractivity contribution in [1.82, 2.24) is 36.0 Å². The molecule has 0 aliphatic carbocycles. The Morgan fingerprint density at radius 3 is 1.63 bits per heavy atom. The Kier molecular flexibility index (Phi) is 22.7. The monoisotopic (exact) mass is 657 g/mol. The third-order valence-electron chi connectivity index (χ3n) is 6.24. The summed E-state index contributed by atoms with van der Waals surface area (Å²) in [6.45, 7) is 9.15. The normalized spacial score (nSPS) is 10.5. The van der Waals surface area contributed by atoms with Gasteiger partial charge >= 0.3 is 18.0 Å². The highest BCUT2D eigenvalue weighted by Gasteiger charge is 2.21. The van der Waals surface area contributed by atoms with Gasteiger partial charge in [-0.3, -0.25) is 38.6 Å². The molecule has 0 bridgehead atoms. The number of hydrogen-bond acceptors (Lipinski definition) is 12. The summed E-state index contributed by atoms with van der Waals surface area (Å²) in [5.74, 6) is -2.18. The van der Waals surface area contributed by atoms with Crippen molar-refractivity contribution in [1.29, 1.82) is 0 Å². The lowest BCUT2D eigenvalue weighted by atomic mass is 10.3. The van der Waals surface area contributed by atoms with Crippen molar-refractivity contribution >= 4 is 41.7 Å². The van der Waals surface area contributed by atoms with Crippen LogP contribution in [0, 0.1) is 0 Å². The molecule has 0 aromatic carbocycles. The highest BCUT2D eigenvalue weighted by atomic mass is 16.5. The summed E-state index contributed by atoms with van der Waals surface area (Å²) in [4.78, 5) is 88.3. The standard InChI is InChI=1S/C29H51N7O10/c1-7-24(38)30-10-8-11-32-26(40)19-35(21-46-23(4)37)15-17-36(29(43)45-6)16-14-34(20-27(41)44-5)18-25(39)31-12-9-13-33-28(42)22(2)3/h2,7-21H2,1,3-6H3,(H,30,38)(H,31,39)(H,32,40)(H,33,42). The number of rotatable bonds is 24. The zero-order valence-corrected chi connectivity index (χ0v) is 27.7. The Hall–Kier alpha value is -4.25. The smallest absolute Gasteiger partial charge is 0.409 e. The quantitative estimate of drug-likeness (QED) is 0.0311. The largest absolute Gasteiger partial charge is 0.468 e. The molecular formula is C29H51N7O10. The molecule has 0 saturated heterocycles. The van der Waals surface area contributed by atoms with Crippen molar-refractivity contribution < 1.29 is 47.8 Å². The number of esters is 2. The van der Waals surface area contributed by atoms with Gasteiger partial charge in [0, 0.05) is 71.3 Å². The Morgan fingerprint density at radius 1 is 0.652 bits per heavy atom. The molecule has 17 heteroatoms. The lowest BCUT2D eigenvalue weighted by molar-refractivity contribution is -0.147. The number of nitrogens with zero attached hydrogens (tertiary/aromatic N) is 3. The highest BCUT2D eigenvalue weighted by Crippen LogP contribution is 2.00. The molecule has 0 spiro atoms. The minimum absolute atomic E-state index is 0.0565. The Balaban J connectivity index is 5.12. The first kappa shape index (κ1) is 41.8. The SMILES string of the molecule is C=C(C)C(=O)NCCCNC(=O)CN(CCN(CCN(COC(C)=O)CC(=O)NCCCNC(=O)CC)C(=O)OC)CC(=O)OC. The van der Waals surface area contributed by atoms with E-state index < -0.39 is 18.0 Å². The average Bonchev–Trinajstić information content (AvgIpc) is 3.01. The number of hydrogen-bond donors (Lipinski definition) is 4. The van der Waals surface area contributed by atoms with Crippen LogP contribution in [-0.4, -0.2) is 149 Å². The number of carbonyl (C=O) groups is 7. The van der Waals surface area contributed by atoms with E-state index in [1.807, 2.05) is 0 Å². The Morgan fingerprint density at radius 2 is 1.15 bits per heavy atom. The van der Waals surface area contributed by atoms with Gasteiger partial charge in [0.05, 0.1) is 33.9 Å². The van der Waals surface area contributed by atoms with Crippen molar-refractivity contribution in [3.05, 3.63) is 12.2 Å². The summed E-state index contributed by atoms with van der Waals surface area (Å²) in [7, 11) is 2.43. The van der Waals surface area contributed by atoms with Crippen molar-refractivity contribution in [3.63, 3.8) is 0 Å². The molecule has 0 aromatic heterocycles. The molecule has 262 valence electrons. The predicted octanol–water partition coefficient (Wildman–Crippen LogP) is -1.42. The van der Waals surface area contributed by atoms with Crippen molar-refractivity contribution in [2.24, 2.45) is 0 Å². The highest BCUT2D eigenvalue weighted by molar-refractivity contribution is 5.92. The maximum atomic E-state index is 12.6. The van der Waals surface area contributed by atoms with Gasteiger partial charge < -0.3 is 40.4 Å². The third-order valence-corrected chi connectivity index (χ3v) is 6.24. The molecule has 4 N–H and O–H groups in total. The van der Waals surface area contributed by atoms with Gasteiger partial charge in [-0.15, -0.1) is 0 Å². The molecule has 0 fully saturated rings. The van der Waals surface area contributed by atoms with E-state index in [1.165, 1.54) is 35.8 Å². The topological polar surface area (TPSA) is 205 Å². The molecule has 0 aliphatic rings. The van der Waals surface area contributed by atoms with Crippen LogP contribution < -0.4 is 21.3 Å². The van der Waals surface area contributed by atoms with Crippen LogP contribution in [0.3, 0.4) is 0 Å². The second-order valence-electron chi connectivity index (χ2n) is 10.2. The molecule has 0 heterocycles. The lowest BCUT2D eigenvalue weighted by Gasteiger charge is -2.28. The molecule has 0 aliphatic heterocycles. The maximum Gasteiger partial charge on any atom is 0.409 e. The fourth-order valence-corrected chi connectivity index (χ4v) is 3.64. The first-order valence-electron chi connectivity index (χ1n) is 15.0. The van der Waals surface area contributed by atoms with Crippen molar-refractivity contribution in [3.8, 4) is 0 Å². The second kappa shape index (κ2) is 25.0. The van der Waals surface area contributed by atoms with Crippen molar-refractivity contribution in [2.45, 2.75) is 40.0 Å². The van der Waals surface area contributed by atoms with Crippen LogP contribution in [0.15, 0.2) is 12.2 Å². The summed E-state index contributed by atoms with van der Waals surface area (Å²) in [6, 6.07) is 0. The van der Waals surface area contributed by atoms with E-state index in [0.29, 0.717) is 44.5 Å². The van der Waals surface area contributed by atoms with E-state index in [1.54, 1.807) is 13.8 Å². The summed E-state index contributed by atoms with van der Waals surface area (Å²) < 4.78 is 14.7. The van der Waals surface area contributed by atoms with Crippen LogP contribution in [-0.2, 0) is 43.0 Å². The fraction of sp³-hybridized carbons (Fsp3) is 0.690. The average molecular weight is 658 g/mol. The molecule has 17 nitrogen and oxygen atoms in total. The van der Waals surface area contributed by atoms with Crippen LogP contribution in [0.1, 0.15) is 40.0 Å². The number of ether oxygens (including phenoxy) is 3. The van der Waals surface area contributed by atoms with Gasteiger partial charge in [0.25, 0.3) is 0 Å². The molecule has 5 amide bonds. The molecule has 0 atom stereocenters. The lowest BCUT2D eigenvalue weighted by Crippen LogP contribution is -2.47. The van der Waals surface area contributed by atoms with E-state index >= 15 is 0 Å². The minimum atomic E-state index is -0.676. The van der Waals surface area contributed by atoms with E-state index in [4.69, 9.17) is 14.2 Å². The van der Waals surface area contributed by atoms with Crippen molar-refractivity contribution in [2.75, 3.05) is 92.9 Å². The molecule has 0 rings (SSSR count). The van der Waals surface area contributed by atoms with Gasteiger partial charge in [-0.25, -0.2) is 4.79 Å². The van der Waals surface area contributed by atoms with Crippen LogP contribution in [0.4, 0.5) is 4.79 Å². The van der Waals surface area contributed by atoms with Crippen LogP contribution in [0.2, 0.25) is 0 Å². The summed E-state index contributed by atoms with van der Waals surface area (Å²) in [6.07, 6.45) is 0.714. The summed E-state index contributed by atoms with van der Waals surface area (Å²) in [5, 5.41) is 10.8. The zero-order chi connectivity index (χ0) is 34.9. The first-order chi connectivity index (χ1) is 21.8. The van der Waals surface area contributed by atoms with E-state index in [2.05, 4.69) is 27.8 Å². The van der Waals surface area contributed by atoms with Gasteiger partial charge in [0.15, 0.2) is 0 Å². The van der Waals surface area contributed by atoms with Crippen LogP contribution in [0.25, 0.3) is 0 Å². The van der Waals surface area contributed by atoms with Crippen LogP contribution >= 0.6 is 0 Å². The number of nitrogens with one attached hydrogen (secondary N) is 4. The molecule has 0 aromatic rings. The number of carbonyl (C=O) groups excluding carboxylic acids is 7. The van der Waals surface area contributed by atoms with Crippen LogP contribution in [0.5, 0.6) is 0 Å². The minimum Gasteiger partial charge on any atom is -0.468 e. The maximum absolute atomic E-state index is 12.6. The Bertz CT molecular complexity index is 1020. The number of methoxy groups -OCH3 is 2. The summed E-state index contributed by atoms with van der Waals surface area (Å²) in [5.41, 5.74) is 0.382. The fourth-order valence-electron chi connectivity index (χ4n) is 3.64. The Labute approximate surface area is 270 Å². The second-order valence-corrected chi connectivity index (χ2v) is 10.2. The first-order valence-corrected chi connectivity index (χ1v) is 15.0. The molecular weight excluding hydrogens is 606 g/mol. The van der Waals surface area contributed by atoms with E-state index in [0.717, 1.165) is 0 Å². The van der Waals surface area contributed by atoms with Gasteiger partial charge in [-0.05, 0) is 19.8 Å². The van der Waals surface area contributed by atoms with E-state index in [-0.39, 0.29) is 82.7 Å². The van der Waals surface area contributed by atoms with Gasteiger partial charge in [-0.2, -0.15) is 0 Å². The summed E-state index contributed by atoms with van der Waals surface area (Å²) >= 11 is 0. The predicted molar refractivity (Wildman–Crippen MR) is 167 cm³/mol. The molecule has 46 heavy (non-hydrogen) atoms. The zero-order valence-electron chi connectivity index (χ0n) is 27.7. The third kappa shape index (κ3) is 21.5. The molecule has 0 radical (unpaired) electrons. The van der Waals surface area contributed by atoms with Gasteiger partial charge in [0.2, 0.25) is 23.6 Å². The number of amides is 5.